The van der Waals surface area contributed by atoms with Crippen LogP contribution in [-0.4, -0.2) is 36.9 Å². The van der Waals surface area contributed by atoms with Crippen molar-refractivity contribution in [3.8, 4) is 23.0 Å². The smallest absolute Gasteiger partial charge is 0.311 e. The first-order valence-electron chi connectivity index (χ1n) is 15.8. The molecule has 0 aliphatic heterocycles. The first kappa shape index (κ1) is 36.8. The quantitative estimate of drug-likeness (QED) is 0.0352. The molecule has 242 valence electrons. The number of hydrogen-bond donors (Lipinski definition) is 1. The van der Waals surface area contributed by atoms with E-state index in [4.69, 9.17) is 14.2 Å². The average molecular weight is 617 g/mol. The predicted molar refractivity (Wildman–Crippen MR) is 181 cm³/mol. The van der Waals surface area contributed by atoms with Crippen molar-refractivity contribution in [1.82, 2.24) is 0 Å². The fourth-order valence-electron chi connectivity index (χ4n) is 4.42. The van der Waals surface area contributed by atoms with Crippen LogP contribution in [-0.2, 0) is 14.4 Å². The van der Waals surface area contributed by atoms with Gasteiger partial charge in [0.25, 0.3) is 0 Å². The first-order chi connectivity index (χ1) is 21.9. The minimum absolute atomic E-state index is 0.00102. The Morgan fingerprint density at radius 1 is 0.689 bits per heavy atom. The largest absolute Gasteiger partial charge is 0.504 e. The van der Waals surface area contributed by atoms with Crippen LogP contribution in [0.15, 0.2) is 72.9 Å². The molecule has 0 aliphatic carbocycles. The molecule has 0 saturated carbocycles. The second-order valence-corrected chi connectivity index (χ2v) is 10.7. The molecule has 0 aliphatic rings. The summed E-state index contributed by atoms with van der Waals surface area (Å²) in [7, 11) is 2.92. The lowest BCUT2D eigenvalue weighted by molar-refractivity contribution is -0.134. The summed E-state index contributed by atoms with van der Waals surface area (Å²) >= 11 is 0. The monoisotopic (exact) mass is 616 g/mol. The van der Waals surface area contributed by atoms with Crippen LogP contribution in [0.2, 0.25) is 0 Å². The Kier molecular flexibility index (Phi) is 18.1. The maximum Gasteiger partial charge on any atom is 0.311 e. The van der Waals surface area contributed by atoms with Crippen LogP contribution in [0.4, 0.5) is 0 Å². The van der Waals surface area contributed by atoms with Crippen molar-refractivity contribution in [2.24, 2.45) is 0 Å². The molecule has 2 aromatic rings. The molecule has 0 fully saturated rings. The maximum atomic E-state index is 12.4. The molecule has 0 atom stereocenters. The number of rotatable bonds is 22. The number of aromatic hydroxyl groups is 1. The Balaban J connectivity index is 1.70. The Bertz CT molecular complexity index is 1330. The molecule has 0 bridgehead atoms. The van der Waals surface area contributed by atoms with E-state index < -0.39 is 0 Å². The minimum atomic E-state index is -0.358. The van der Waals surface area contributed by atoms with Gasteiger partial charge in [0.2, 0.25) is 0 Å². The second-order valence-electron chi connectivity index (χ2n) is 10.7. The van der Waals surface area contributed by atoms with Crippen molar-refractivity contribution in [2.45, 2.75) is 84.0 Å². The lowest BCUT2D eigenvalue weighted by atomic mass is 10.1. The van der Waals surface area contributed by atoms with E-state index in [-0.39, 0.29) is 29.7 Å². The maximum absolute atomic E-state index is 12.4. The van der Waals surface area contributed by atoms with Crippen LogP contribution in [0, 0.1) is 0 Å². The molecule has 0 unspecified atom stereocenters. The Morgan fingerprint density at radius 2 is 1.27 bits per heavy atom. The number of ketones is 2. The topological polar surface area (TPSA) is 99.1 Å². The van der Waals surface area contributed by atoms with Crippen LogP contribution < -0.4 is 14.2 Å². The van der Waals surface area contributed by atoms with Crippen molar-refractivity contribution in [3.63, 3.8) is 0 Å². The SMILES string of the molecule is CCCCC/C=C\C/C=C\CCCCCCC(=O)Oc1ccc(/C=C/C(=O)CC(=O)/C=C/c2ccc(O)c(OC)c2)cc1OC. The first-order valence-corrected chi connectivity index (χ1v) is 15.8. The van der Waals surface area contributed by atoms with Crippen LogP contribution >= 0.6 is 0 Å². The number of phenolic OH excluding ortho intramolecular Hbond substituents is 1. The molecule has 0 saturated heterocycles. The van der Waals surface area contributed by atoms with E-state index in [2.05, 4.69) is 31.2 Å². The molecule has 1 N–H and O–H groups in total. The Hall–Kier alpha value is -4.39. The standard InChI is InChI=1S/C38H48O7/c1-4-5-6-7-8-9-10-11-12-13-14-15-16-17-18-38(42)45-35-26-22-31(28-37(35)44-3)20-24-33(40)29-32(39)23-19-30-21-25-34(41)36(27-30)43-2/h8-9,11-12,19-28,41H,4-7,10,13-18,29H2,1-3H3/b9-8-,12-11-,23-19+,24-20+. The number of methoxy groups -OCH3 is 2. The van der Waals surface area contributed by atoms with Gasteiger partial charge in [-0.1, -0.05) is 81.2 Å². The normalized spacial score (nSPS) is 11.6. The fourth-order valence-corrected chi connectivity index (χ4v) is 4.42. The van der Waals surface area contributed by atoms with Gasteiger partial charge in [0, 0.05) is 6.42 Å². The van der Waals surface area contributed by atoms with Crippen molar-refractivity contribution in [3.05, 3.63) is 84.0 Å². The van der Waals surface area contributed by atoms with Gasteiger partial charge in [-0.2, -0.15) is 0 Å². The summed E-state index contributed by atoms with van der Waals surface area (Å²) in [6.07, 6.45) is 25.8. The highest BCUT2D eigenvalue weighted by Gasteiger charge is 2.11. The zero-order valence-corrected chi connectivity index (χ0v) is 27.0. The molecule has 0 radical (unpaired) electrons. The number of unbranched alkanes of at least 4 members (excludes halogenated alkanes) is 7. The van der Waals surface area contributed by atoms with Crippen LogP contribution in [0.25, 0.3) is 12.2 Å². The number of ether oxygens (including phenoxy) is 3. The molecule has 45 heavy (non-hydrogen) atoms. The summed E-state index contributed by atoms with van der Waals surface area (Å²) in [6, 6.07) is 9.70. The fraction of sp³-hybridized carbons (Fsp3) is 0.395. The molecule has 0 amide bonds. The van der Waals surface area contributed by atoms with E-state index in [0.29, 0.717) is 34.8 Å². The minimum Gasteiger partial charge on any atom is -0.504 e. The molecule has 0 heterocycles. The summed E-state index contributed by atoms with van der Waals surface area (Å²) < 4.78 is 16.0. The highest BCUT2D eigenvalue weighted by atomic mass is 16.6. The summed E-state index contributed by atoms with van der Waals surface area (Å²) in [6.45, 7) is 2.22. The molecule has 7 heteroatoms. The molecule has 2 aromatic carbocycles. The summed E-state index contributed by atoms with van der Waals surface area (Å²) in [5.74, 6) is -0.0312. The number of benzene rings is 2. The zero-order valence-electron chi connectivity index (χ0n) is 27.0. The molecule has 0 spiro atoms. The highest BCUT2D eigenvalue weighted by molar-refractivity contribution is 6.10. The van der Waals surface area contributed by atoms with Gasteiger partial charge in [0.1, 0.15) is 0 Å². The molecule has 0 aromatic heterocycles. The van der Waals surface area contributed by atoms with Gasteiger partial charge in [-0.25, -0.2) is 0 Å². The number of carbonyl (C=O) groups excluding carboxylic acids is 3. The lowest BCUT2D eigenvalue weighted by Crippen LogP contribution is -2.08. The van der Waals surface area contributed by atoms with Gasteiger partial charge >= 0.3 is 5.97 Å². The molecular weight excluding hydrogens is 568 g/mol. The third-order valence-electron chi connectivity index (χ3n) is 6.97. The number of esters is 1. The molecule has 2 rings (SSSR count). The number of carbonyl (C=O) groups is 3. The van der Waals surface area contributed by atoms with E-state index in [1.165, 1.54) is 58.1 Å². The average Bonchev–Trinajstić information content (AvgIpc) is 3.04. The molecular formula is C38H48O7. The third-order valence-corrected chi connectivity index (χ3v) is 6.97. The van der Waals surface area contributed by atoms with Crippen molar-refractivity contribution in [2.75, 3.05) is 14.2 Å². The van der Waals surface area contributed by atoms with Crippen molar-refractivity contribution in [1.29, 1.82) is 0 Å². The van der Waals surface area contributed by atoms with E-state index >= 15 is 0 Å². The van der Waals surface area contributed by atoms with E-state index in [9.17, 15) is 19.5 Å². The zero-order chi connectivity index (χ0) is 32.7. The van der Waals surface area contributed by atoms with Crippen LogP contribution in [0.3, 0.4) is 0 Å². The van der Waals surface area contributed by atoms with Crippen LogP contribution in [0.5, 0.6) is 23.0 Å². The van der Waals surface area contributed by atoms with E-state index in [1.807, 2.05) is 0 Å². The number of hydrogen-bond acceptors (Lipinski definition) is 7. The van der Waals surface area contributed by atoms with Crippen molar-refractivity contribution >= 4 is 29.7 Å². The molecule has 7 nitrogen and oxygen atoms in total. The second kappa shape index (κ2) is 22.2. The van der Waals surface area contributed by atoms with Gasteiger partial charge in [-0.05, 0) is 86.1 Å². The van der Waals surface area contributed by atoms with Gasteiger partial charge in [0.15, 0.2) is 34.6 Å². The lowest BCUT2D eigenvalue weighted by Gasteiger charge is -2.10. The Morgan fingerprint density at radius 3 is 1.89 bits per heavy atom. The third kappa shape index (κ3) is 15.8. The van der Waals surface area contributed by atoms with Crippen molar-refractivity contribution < 1.29 is 33.7 Å². The van der Waals surface area contributed by atoms with E-state index in [0.717, 1.165) is 38.5 Å². The van der Waals surface area contributed by atoms with Gasteiger partial charge in [-0.15, -0.1) is 0 Å². The van der Waals surface area contributed by atoms with Gasteiger partial charge in [-0.3, -0.25) is 14.4 Å². The summed E-state index contributed by atoms with van der Waals surface area (Å²) in [5.41, 5.74) is 1.32. The van der Waals surface area contributed by atoms with Gasteiger partial charge < -0.3 is 19.3 Å². The predicted octanol–water partition coefficient (Wildman–Crippen LogP) is 8.99. The highest BCUT2D eigenvalue weighted by Crippen LogP contribution is 2.29. The summed E-state index contributed by atoms with van der Waals surface area (Å²) in [5, 5.41) is 9.67. The number of phenols is 1. The van der Waals surface area contributed by atoms with Crippen LogP contribution in [0.1, 0.15) is 95.1 Å². The number of allylic oxidation sites excluding steroid dienone is 6. The summed E-state index contributed by atoms with van der Waals surface area (Å²) in [4.78, 5) is 36.9. The van der Waals surface area contributed by atoms with E-state index in [1.54, 1.807) is 42.5 Å². The van der Waals surface area contributed by atoms with Gasteiger partial charge in [0.05, 0.1) is 20.6 Å². The Labute approximate surface area is 268 Å².